The number of hydrogen-bond acceptors (Lipinski definition) is 1. The number of rotatable bonds is 2. The first-order chi connectivity index (χ1) is 4.43. The quantitative estimate of drug-likeness (QED) is 0.531. The van der Waals surface area contributed by atoms with Gasteiger partial charge in [-0.25, -0.2) is 0 Å². The van der Waals surface area contributed by atoms with E-state index in [1.54, 1.807) is 0 Å². The van der Waals surface area contributed by atoms with Gasteiger partial charge in [0.1, 0.15) is 0 Å². The van der Waals surface area contributed by atoms with E-state index in [1.807, 2.05) is 18.5 Å². The number of unbranched alkanes of at least 4 members (excludes halogenated alkanes) is 1. The average Bonchev–Trinajstić information content (AvgIpc) is 2.34. The second-order valence-corrected chi connectivity index (χ2v) is 2.09. The van der Waals surface area contributed by atoms with E-state index in [2.05, 4.69) is 18.0 Å². The molecule has 0 N–H and O–H groups in total. The van der Waals surface area contributed by atoms with Gasteiger partial charge < -0.3 is 0 Å². The Bertz CT molecular complexity index is 149. The molecule has 0 radical (unpaired) electrons. The van der Waals surface area contributed by atoms with Crippen LogP contribution in [0.5, 0.6) is 0 Å². The van der Waals surface area contributed by atoms with Gasteiger partial charge in [0.15, 0.2) is 0 Å². The van der Waals surface area contributed by atoms with Gasteiger partial charge in [-0.15, -0.1) is 0 Å². The van der Waals surface area contributed by atoms with Crippen LogP contribution in [-0.2, 0) is 0 Å². The van der Waals surface area contributed by atoms with E-state index in [4.69, 9.17) is 0 Å². The van der Waals surface area contributed by atoms with E-state index in [0.29, 0.717) is 0 Å². The highest BCUT2D eigenvalue weighted by Crippen LogP contribution is 2.03. The molecule has 9 heavy (non-hydrogen) atoms. The molecule has 0 bridgehead atoms. The molecule has 1 heteroatoms. The molecule has 48 valence electrons. The summed E-state index contributed by atoms with van der Waals surface area (Å²) in [4.78, 5) is 3.94. The second kappa shape index (κ2) is 3.23. The van der Waals surface area contributed by atoms with Crippen molar-refractivity contribution in [1.82, 2.24) is 0 Å². The molecule has 0 amide bonds. The Morgan fingerprint density at radius 1 is 1.67 bits per heavy atom. The van der Waals surface area contributed by atoms with E-state index < -0.39 is 0 Å². The van der Waals surface area contributed by atoms with Gasteiger partial charge in [0.2, 0.25) is 0 Å². The van der Waals surface area contributed by atoms with Gasteiger partial charge in [0.05, 0.1) is 0 Å². The second-order valence-electron chi connectivity index (χ2n) is 2.09. The molecular weight excluding hydrogens is 110 g/mol. The lowest BCUT2D eigenvalue weighted by Crippen LogP contribution is -1.73. The van der Waals surface area contributed by atoms with Crippen molar-refractivity contribution in [3.8, 4) is 0 Å². The molecule has 0 aromatic carbocycles. The monoisotopic (exact) mass is 121 g/mol. The molecule has 1 nitrogen and oxygen atoms in total. The minimum Gasteiger partial charge on any atom is -0.264 e. The van der Waals surface area contributed by atoms with Crippen LogP contribution >= 0.6 is 0 Å². The lowest BCUT2D eigenvalue weighted by molar-refractivity contribution is 0.957. The maximum Gasteiger partial charge on any atom is 0.0337 e. The highest BCUT2D eigenvalue weighted by Gasteiger charge is 1.89. The fourth-order valence-corrected chi connectivity index (χ4v) is 0.733. The van der Waals surface area contributed by atoms with Gasteiger partial charge >= 0.3 is 0 Å². The summed E-state index contributed by atoms with van der Waals surface area (Å²) in [6, 6.07) is 0. The molecule has 0 spiro atoms. The minimum atomic E-state index is 1.16. The van der Waals surface area contributed by atoms with Crippen LogP contribution in [0.25, 0.3) is 0 Å². The van der Waals surface area contributed by atoms with Crippen LogP contribution < -0.4 is 0 Å². The maximum absolute atomic E-state index is 3.94. The zero-order valence-electron chi connectivity index (χ0n) is 5.67. The highest BCUT2D eigenvalue weighted by atomic mass is 14.7. The topological polar surface area (TPSA) is 12.4 Å². The normalized spacial score (nSPS) is 19.9. The molecule has 0 saturated heterocycles. The molecule has 1 rings (SSSR count). The van der Waals surface area contributed by atoms with E-state index >= 15 is 0 Å². The molecule has 0 aromatic rings. The fourth-order valence-electron chi connectivity index (χ4n) is 0.733. The van der Waals surface area contributed by atoms with Crippen molar-refractivity contribution < 1.29 is 0 Å². The summed E-state index contributed by atoms with van der Waals surface area (Å²) in [6.07, 6.45) is 10.3. The highest BCUT2D eigenvalue weighted by molar-refractivity contribution is 5.85. The molecule has 0 aliphatic carbocycles. The van der Waals surface area contributed by atoms with Gasteiger partial charge in [-0.2, -0.15) is 0 Å². The van der Waals surface area contributed by atoms with Crippen LogP contribution in [0.15, 0.2) is 28.9 Å². The van der Waals surface area contributed by atoms with Crippen molar-refractivity contribution >= 4 is 6.21 Å². The first-order valence-electron chi connectivity index (χ1n) is 3.33. The van der Waals surface area contributed by atoms with Crippen LogP contribution in [-0.4, -0.2) is 6.21 Å². The summed E-state index contributed by atoms with van der Waals surface area (Å²) >= 11 is 0. The van der Waals surface area contributed by atoms with E-state index in [-0.39, 0.29) is 0 Å². The molecular formula is C8H11N. The van der Waals surface area contributed by atoms with Crippen molar-refractivity contribution in [2.45, 2.75) is 19.8 Å². The molecule has 0 saturated carbocycles. The standard InChI is InChI=1S/C8H11N/c1-2-3-4-8-5-6-9-7-8/h4-7H,2-3H2,1H3. The number of hydrogen-bond donors (Lipinski definition) is 0. The number of aliphatic imine (C=N–C) groups is 1. The summed E-state index contributed by atoms with van der Waals surface area (Å²) in [5, 5.41) is 0. The average molecular weight is 121 g/mol. The Kier molecular flexibility index (Phi) is 2.25. The van der Waals surface area contributed by atoms with Gasteiger partial charge in [-0.3, -0.25) is 4.99 Å². The molecule has 0 fully saturated rings. The predicted octanol–water partition coefficient (Wildman–Crippen LogP) is 2.31. The summed E-state index contributed by atoms with van der Waals surface area (Å²) in [5.74, 6) is 0. The molecule has 1 heterocycles. The summed E-state index contributed by atoms with van der Waals surface area (Å²) in [7, 11) is 0. The predicted molar refractivity (Wildman–Crippen MR) is 40.6 cm³/mol. The van der Waals surface area contributed by atoms with Crippen LogP contribution in [0.2, 0.25) is 0 Å². The van der Waals surface area contributed by atoms with Crippen molar-refractivity contribution in [1.29, 1.82) is 0 Å². The summed E-state index contributed by atoms with van der Waals surface area (Å²) in [6.45, 7) is 2.17. The lowest BCUT2D eigenvalue weighted by Gasteiger charge is -1.85. The Morgan fingerprint density at radius 2 is 2.56 bits per heavy atom. The fraction of sp³-hybridized carbons (Fsp3) is 0.375. The van der Waals surface area contributed by atoms with Gasteiger partial charge in [-0.1, -0.05) is 19.4 Å². The van der Waals surface area contributed by atoms with E-state index in [9.17, 15) is 0 Å². The number of allylic oxidation sites excluding steroid dienone is 3. The van der Waals surface area contributed by atoms with Gasteiger partial charge in [0, 0.05) is 12.4 Å². The molecule has 1 aliphatic heterocycles. The Hall–Kier alpha value is -0.850. The molecule has 0 atom stereocenters. The third-order valence-corrected chi connectivity index (χ3v) is 1.25. The van der Waals surface area contributed by atoms with Crippen LogP contribution in [0.4, 0.5) is 0 Å². The zero-order valence-corrected chi connectivity index (χ0v) is 5.67. The van der Waals surface area contributed by atoms with E-state index in [1.165, 1.54) is 12.0 Å². The third-order valence-electron chi connectivity index (χ3n) is 1.25. The van der Waals surface area contributed by atoms with Crippen molar-refractivity contribution in [3.63, 3.8) is 0 Å². The molecule has 0 aromatic heterocycles. The third kappa shape index (κ3) is 1.84. The van der Waals surface area contributed by atoms with Crippen LogP contribution in [0, 0.1) is 0 Å². The van der Waals surface area contributed by atoms with Gasteiger partial charge in [-0.05, 0) is 18.1 Å². The lowest BCUT2D eigenvalue weighted by atomic mass is 10.2. The van der Waals surface area contributed by atoms with E-state index in [0.717, 1.165) is 6.42 Å². The van der Waals surface area contributed by atoms with Crippen LogP contribution in [0.1, 0.15) is 19.8 Å². The summed E-state index contributed by atoms with van der Waals surface area (Å²) in [5.41, 5.74) is 1.25. The summed E-state index contributed by atoms with van der Waals surface area (Å²) < 4.78 is 0. The smallest absolute Gasteiger partial charge is 0.0337 e. The van der Waals surface area contributed by atoms with Gasteiger partial charge in [0.25, 0.3) is 0 Å². The number of nitrogens with zero attached hydrogens (tertiary/aromatic N) is 1. The maximum atomic E-state index is 3.94. The van der Waals surface area contributed by atoms with Crippen molar-refractivity contribution in [2.24, 2.45) is 4.99 Å². The van der Waals surface area contributed by atoms with Crippen molar-refractivity contribution in [2.75, 3.05) is 0 Å². The zero-order chi connectivity index (χ0) is 6.53. The molecule has 1 aliphatic rings. The minimum absolute atomic E-state index is 1.16. The first kappa shape index (κ1) is 6.27. The van der Waals surface area contributed by atoms with Crippen LogP contribution in [0.3, 0.4) is 0 Å². The Balaban J connectivity index is 2.42. The molecule has 0 unspecified atom stereocenters. The largest absolute Gasteiger partial charge is 0.264 e. The van der Waals surface area contributed by atoms with Crippen molar-refractivity contribution in [3.05, 3.63) is 23.9 Å². The Morgan fingerprint density at radius 3 is 3.11 bits per heavy atom. The SMILES string of the molecule is CCCC=C1C=CN=C1. The first-order valence-corrected chi connectivity index (χ1v) is 3.33. The Labute approximate surface area is 55.8 Å².